The van der Waals surface area contributed by atoms with E-state index in [9.17, 15) is 19.8 Å². The van der Waals surface area contributed by atoms with E-state index in [1.54, 1.807) is 53.8 Å². The molecule has 0 radical (unpaired) electrons. The summed E-state index contributed by atoms with van der Waals surface area (Å²) in [5.74, 6) is -0.815. The average molecular weight is 461 g/mol. The number of thiophene rings is 1. The predicted octanol–water partition coefficient (Wildman–Crippen LogP) is 5.10. The number of carboxylic acids is 1. The van der Waals surface area contributed by atoms with Crippen molar-refractivity contribution in [3.8, 4) is 0 Å². The highest BCUT2D eigenvalue weighted by atomic mass is 32.1. The second-order valence-corrected chi connectivity index (χ2v) is 8.28. The minimum absolute atomic E-state index is 0.00134. The standard InChI is InChI=1S/C24H20N4O4S/c1-13(29)9-16(25)12-26-23(30)14-3-2-4-17(10-14)27-22-19-7-8-33-21(19)18-6-5-15(24(31)32)11-20(18)28-22/h2-11,25,29H,12H2,1H3,(H,26,30)(H,27,28)(H,31,32)/b13-9-,25-16?. The number of aromatic carboxylic acids is 1. The number of carboxylic acid groups (broad SMARTS) is 1. The Balaban J connectivity index is 1.62. The Morgan fingerprint density at radius 3 is 2.67 bits per heavy atom. The van der Waals surface area contributed by atoms with Crippen molar-refractivity contribution in [2.24, 2.45) is 0 Å². The third kappa shape index (κ3) is 4.83. The molecule has 0 aliphatic heterocycles. The molecule has 4 aromatic rings. The van der Waals surface area contributed by atoms with Crippen molar-refractivity contribution in [2.75, 3.05) is 11.9 Å². The van der Waals surface area contributed by atoms with Gasteiger partial charge in [-0.15, -0.1) is 11.3 Å². The van der Waals surface area contributed by atoms with Crippen LogP contribution in [0.1, 0.15) is 27.6 Å². The summed E-state index contributed by atoms with van der Waals surface area (Å²) in [6.45, 7) is 1.45. The number of nitrogens with zero attached hydrogens (tertiary/aromatic N) is 1. The summed E-state index contributed by atoms with van der Waals surface area (Å²) in [7, 11) is 0. The Hall–Kier alpha value is -4.24. The van der Waals surface area contributed by atoms with Crippen LogP contribution in [0.4, 0.5) is 11.5 Å². The number of hydrogen-bond donors (Lipinski definition) is 5. The lowest BCUT2D eigenvalue weighted by Crippen LogP contribution is -2.28. The van der Waals surface area contributed by atoms with E-state index in [4.69, 9.17) is 5.41 Å². The Labute approximate surface area is 192 Å². The van der Waals surface area contributed by atoms with Gasteiger partial charge in [0.25, 0.3) is 5.91 Å². The molecule has 2 aromatic heterocycles. The smallest absolute Gasteiger partial charge is 0.335 e. The monoisotopic (exact) mass is 460 g/mol. The highest BCUT2D eigenvalue weighted by Crippen LogP contribution is 2.35. The number of carbonyl (C=O) groups is 2. The van der Waals surface area contributed by atoms with Gasteiger partial charge in [0.2, 0.25) is 0 Å². The maximum Gasteiger partial charge on any atom is 0.335 e. The number of aromatic nitrogens is 1. The molecule has 0 atom stereocenters. The lowest BCUT2D eigenvalue weighted by Gasteiger charge is -2.11. The molecule has 0 saturated heterocycles. The molecule has 8 nitrogen and oxygen atoms in total. The molecule has 0 aliphatic rings. The van der Waals surface area contributed by atoms with E-state index < -0.39 is 5.97 Å². The Bertz CT molecular complexity index is 1440. The number of fused-ring (bicyclic) bond motifs is 3. The van der Waals surface area contributed by atoms with Crippen LogP contribution in [0.3, 0.4) is 0 Å². The fraction of sp³-hybridized carbons (Fsp3) is 0.0833. The molecule has 0 unspecified atom stereocenters. The van der Waals surface area contributed by atoms with Crippen molar-refractivity contribution in [3.05, 3.63) is 76.9 Å². The molecular formula is C24H20N4O4S. The number of amides is 1. The highest BCUT2D eigenvalue weighted by Gasteiger charge is 2.13. The van der Waals surface area contributed by atoms with Gasteiger partial charge in [-0.25, -0.2) is 9.78 Å². The fourth-order valence-electron chi connectivity index (χ4n) is 3.39. The second-order valence-electron chi connectivity index (χ2n) is 7.36. The van der Waals surface area contributed by atoms with E-state index in [2.05, 4.69) is 15.6 Å². The van der Waals surface area contributed by atoms with Gasteiger partial charge in [0.05, 0.1) is 29.1 Å². The van der Waals surface area contributed by atoms with Gasteiger partial charge in [-0.3, -0.25) is 4.79 Å². The Morgan fingerprint density at radius 1 is 1.09 bits per heavy atom. The minimum atomic E-state index is -1.02. The second kappa shape index (κ2) is 9.09. The number of allylic oxidation sites excluding steroid dienone is 1. The predicted molar refractivity (Wildman–Crippen MR) is 130 cm³/mol. The molecule has 1 amide bonds. The molecule has 2 aromatic carbocycles. The zero-order valence-electron chi connectivity index (χ0n) is 17.5. The van der Waals surface area contributed by atoms with Crippen LogP contribution in [-0.4, -0.2) is 39.3 Å². The summed E-state index contributed by atoms with van der Waals surface area (Å²) in [6.07, 6.45) is 1.27. The first kappa shape index (κ1) is 22.0. The van der Waals surface area contributed by atoms with Gasteiger partial charge in [0.15, 0.2) is 0 Å². The number of rotatable bonds is 7. The van der Waals surface area contributed by atoms with Crippen molar-refractivity contribution in [2.45, 2.75) is 6.92 Å². The SMILES string of the molecule is C/C(O)=C/C(=N)CNC(=O)c1cccc(Nc2nc3cc(C(=O)O)ccc3c3sccc23)c1. The van der Waals surface area contributed by atoms with E-state index in [1.807, 2.05) is 11.4 Å². The van der Waals surface area contributed by atoms with Gasteiger partial charge in [-0.1, -0.05) is 12.1 Å². The van der Waals surface area contributed by atoms with Crippen molar-refractivity contribution in [1.82, 2.24) is 10.3 Å². The lowest BCUT2D eigenvalue weighted by molar-refractivity contribution is 0.0696. The van der Waals surface area contributed by atoms with Gasteiger partial charge in [0.1, 0.15) is 5.82 Å². The van der Waals surface area contributed by atoms with Crippen molar-refractivity contribution in [1.29, 1.82) is 5.41 Å². The van der Waals surface area contributed by atoms with Crippen LogP contribution in [0.25, 0.3) is 21.0 Å². The third-order valence-corrected chi connectivity index (χ3v) is 5.80. The van der Waals surface area contributed by atoms with E-state index in [1.165, 1.54) is 13.0 Å². The molecule has 9 heteroatoms. The summed E-state index contributed by atoms with van der Waals surface area (Å²) < 4.78 is 0.985. The Morgan fingerprint density at radius 2 is 1.91 bits per heavy atom. The molecule has 0 bridgehead atoms. The molecule has 33 heavy (non-hydrogen) atoms. The van der Waals surface area contributed by atoms with E-state index in [0.29, 0.717) is 22.6 Å². The van der Waals surface area contributed by atoms with Crippen LogP contribution in [0.15, 0.2) is 65.7 Å². The summed E-state index contributed by atoms with van der Waals surface area (Å²) in [5, 5.41) is 35.9. The molecule has 5 N–H and O–H groups in total. The number of aliphatic hydroxyl groups excluding tert-OH is 1. The summed E-state index contributed by atoms with van der Waals surface area (Å²) >= 11 is 1.54. The van der Waals surface area contributed by atoms with Gasteiger partial charge in [0, 0.05) is 26.7 Å². The molecule has 166 valence electrons. The summed E-state index contributed by atoms with van der Waals surface area (Å²) in [5.41, 5.74) is 1.84. The maximum atomic E-state index is 12.5. The van der Waals surface area contributed by atoms with Gasteiger partial charge < -0.3 is 26.3 Å². The number of benzene rings is 2. The van der Waals surface area contributed by atoms with Gasteiger partial charge in [-0.05, 0) is 54.8 Å². The van der Waals surface area contributed by atoms with Gasteiger partial charge in [-0.2, -0.15) is 0 Å². The first-order chi connectivity index (χ1) is 15.8. The highest BCUT2D eigenvalue weighted by molar-refractivity contribution is 7.18. The fourth-order valence-corrected chi connectivity index (χ4v) is 4.32. The lowest BCUT2D eigenvalue weighted by atomic mass is 10.1. The van der Waals surface area contributed by atoms with Crippen molar-refractivity contribution >= 4 is 61.4 Å². The van der Waals surface area contributed by atoms with Gasteiger partial charge >= 0.3 is 5.97 Å². The number of anilines is 2. The largest absolute Gasteiger partial charge is 0.513 e. The Kier molecular flexibility index (Phi) is 6.05. The van der Waals surface area contributed by atoms with Crippen LogP contribution in [0.5, 0.6) is 0 Å². The molecule has 2 heterocycles. The van der Waals surface area contributed by atoms with E-state index >= 15 is 0 Å². The van der Waals surface area contributed by atoms with Crippen LogP contribution < -0.4 is 10.6 Å². The molecule has 4 rings (SSSR count). The number of aliphatic hydroxyl groups is 1. The molecule has 0 aliphatic carbocycles. The van der Waals surface area contributed by atoms with Crippen LogP contribution >= 0.6 is 11.3 Å². The van der Waals surface area contributed by atoms with E-state index in [0.717, 1.165) is 15.5 Å². The van der Waals surface area contributed by atoms with Crippen LogP contribution in [0, 0.1) is 5.41 Å². The maximum absolute atomic E-state index is 12.5. The van der Waals surface area contributed by atoms with Crippen LogP contribution in [0.2, 0.25) is 0 Å². The summed E-state index contributed by atoms with van der Waals surface area (Å²) in [4.78, 5) is 28.5. The molecular weight excluding hydrogens is 440 g/mol. The first-order valence-electron chi connectivity index (χ1n) is 9.96. The minimum Gasteiger partial charge on any atom is -0.513 e. The third-order valence-electron chi connectivity index (χ3n) is 4.85. The number of hydrogen-bond acceptors (Lipinski definition) is 7. The van der Waals surface area contributed by atoms with E-state index in [-0.39, 0.29) is 29.5 Å². The average Bonchev–Trinajstić information content (AvgIpc) is 3.27. The summed E-state index contributed by atoms with van der Waals surface area (Å²) in [6, 6.07) is 13.7. The zero-order chi connectivity index (χ0) is 23.5. The van der Waals surface area contributed by atoms with Crippen molar-refractivity contribution in [3.63, 3.8) is 0 Å². The number of nitrogens with one attached hydrogen (secondary N) is 3. The van der Waals surface area contributed by atoms with Crippen LogP contribution in [-0.2, 0) is 0 Å². The molecule has 0 spiro atoms. The molecule has 0 saturated carbocycles. The zero-order valence-corrected chi connectivity index (χ0v) is 18.4. The molecule has 0 fully saturated rings. The van der Waals surface area contributed by atoms with Crippen molar-refractivity contribution < 1.29 is 19.8 Å². The normalized spacial score (nSPS) is 11.5. The number of carbonyl (C=O) groups excluding carboxylic acids is 1. The number of pyridine rings is 1. The topological polar surface area (TPSA) is 135 Å². The first-order valence-corrected chi connectivity index (χ1v) is 10.8. The quantitative estimate of drug-likeness (QED) is 0.192.